The van der Waals surface area contributed by atoms with E-state index in [0.29, 0.717) is 13.2 Å². The van der Waals surface area contributed by atoms with E-state index in [1.165, 1.54) is 0 Å². The van der Waals surface area contributed by atoms with Crippen LogP contribution in [0.2, 0.25) is 0 Å². The molecule has 6 nitrogen and oxygen atoms in total. The lowest BCUT2D eigenvalue weighted by Gasteiger charge is -2.19. The average molecular weight is 429 g/mol. The first-order valence-electron chi connectivity index (χ1n) is 7.57. The minimum atomic E-state index is -1.01. The first-order chi connectivity index (χ1) is 11.4. The summed E-state index contributed by atoms with van der Waals surface area (Å²) in [4.78, 5) is 22.0. The van der Waals surface area contributed by atoms with Crippen LogP contribution in [0.3, 0.4) is 0 Å². The number of carbonyl (C=O) groups is 2. The van der Waals surface area contributed by atoms with Crippen molar-refractivity contribution in [2.24, 2.45) is 0 Å². The van der Waals surface area contributed by atoms with E-state index in [9.17, 15) is 9.59 Å². The van der Waals surface area contributed by atoms with E-state index in [4.69, 9.17) is 44.1 Å². The Kier molecular flexibility index (Phi) is 10.9. The molecule has 0 heterocycles. The fraction of sp³-hybridized carbons (Fsp3) is 0.733. The zero-order chi connectivity index (χ0) is 19.7. The second-order valence-electron chi connectivity index (χ2n) is 6.09. The molecule has 0 saturated carbocycles. The van der Waals surface area contributed by atoms with Crippen molar-refractivity contribution in [3.63, 3.8) is 0 Å². The zero-order valence-electron chi connectivity index (χ0n) is 14.7. The maximum atomic E-state index is 11.0. The van der Waals surface area contributed by atoms with Gasteiger partial charge in [-0.25, -0.2) is 0 Å². The number of rotatable bonds is 10. The second kappa shape index (κ2) is 11.2. The lowest BCUT2D eigenvalue weighted by Crippen LogP contribution is -2.29. The highest BCUT2D eigenvalue weighted by Crippen LogP contribution is 2.27. The normalized spacial score (nSPS) is 11.7. The molecule has 2 N–H and O–H groups in total. The third-order valence-electron chi connectivity index (χ3n) is 2.94. The largest absolute Gasteiger partial charge is 0.480 e. The van der Waals surface area contributed by atoms with E-state index in [2.05, 4.69) is 0 Å². The van der Waals surface area contributed by atoms with Gasteiger partial charge in [-0.05, 0) is 71.4 Å². The van der Waals surface area contributed by atoms with Crippen LogP contribution in [0.4, 0.5) is 0 Å². The van der Waals surface area contributed by atoms with Crippen LogP contribution < -0.4 is 0 Å². The van der Waals surface area contributed by atoms with Crippen molar-refractivity contribution >= 4 is 68.7 Å². The van der Waals surface area contributed by atoms with Crippen molar-refractivity contribution < 1.29 is 29.3 Å². The van der Waals surface area contributed by atoms with E-state index in [1.54, 1.807) is 27.7 Å². The Morgan fingerprint density at radius 2 is 1.12 bits per heavy atom. The standard InChI is InChI=1S/C15H24O6S4/c1-14(2,10(16)17)24-12(22)20-8-6-5-7-9-21-13(23)25-15(3,4)11(18)19/h5-9H2,1-4H3,(H,16,17)(H,18,19). The van der Waals surface area contributed by atoms with Gasteiger partial charge in [-0.15, -0.1) is 0 Å². The van der Waals surface area contributed by atoms with E-state index in [-0.39, 0.29) is 8.77 Å². The molecule has 0 amide bonds. The molecule has 0 aliphatic heterocycles. The second-order valence-corrected chi connectivity index (χ2v) is 10.5. The van der Waals surface area contributed by atoms with Crippen molar-refractivity contribution in [3.8, 4) is 0 Å². The zero-order valence-corrected chi connectivity index (χ0v) is 18.0. The molecule has 0 aromatic rings. The van der Waals surface area contributed by atoms with Gasteiger partial charge in [0.2, 0.25) is 8.77 Å². The molecule has 0 radical (unpaired) electrons. The highest BCUT2D eigenvalue weighted by Gasteiger charge is 2.31. The van der Waals surface area contributed by atoms with Crippen LogP contribution in [0.15, 0.2) is 0 Å². The number of aliphatic carboxylic acids is 2. The SMILES string of the molecule is CC(C)(SC(=S)OCCCCCOC(=S)SC(C)(C)C(=O)O)C(=O)O. The lowest BCUT2D eigenvalue weighted by molar-refractivity contribution is -0.139. The molecule has 0 aliphatic carbocycles. The first-order valence-corrected chi connectivity index (χ1v) is 10.0. The summed E-state index contributed by atoms with van der Waals surface area (Å²) in [6, 6.07) is 0. The van der Waals surface area contributed by atoms with Crippen LogP contribution in [0.1, 0.15) is 47.0 Å². The number of unbranched alkanes of at least 4 members (excludes halogenated alkanes) is 2. The van der Waals surface area contributed by atoms with Gasteiger partial charge in [-0.2, -0.15) is 0 Å². The molecule has 10 heteroatoms. The molecule has 0 aromatic carbocycles. The third-order valence-corrected chi connectivity index (χ3v) is 5.61. The fourth-order valence-corrected chi connectivity index (χ4v) is 3.96. The summed E-state index contributed by atoms with van der Waals surface area (Å²) >= 11 is 12.0. The quantitative estimate of drug-likeness (QED) is 0.393. The molecular formula is C15H24O6S4. The van der Waals surface area contributed by atoms with Gasteiger partial charge in [0, 0.05) is 0 Å². The van der Waals surface area contributed by atoms with E-state index in [1.807, 2.05) is 0 Å². The van der Waals surface area contributed by atoms with Crippen LogP contribution in [-0.2, 0) is 19.1 Å². The summed E-state index contributed by atoms with van der Waals surface area (Å²) in [5.41, 5.74) is 0. The van der Waals surface area contributed by atoms with Gasteiger partial charge in [0.05, 0.1) is 13.2 Å². The third kappa shape index (κ3) is 10.9. The Balaban J connectivity index is 3.78. The maximum Gasteiger partial charge on any atom is 0.319 e. The van der Waals surface area contributed by atoms with Gasteiger partial charge in [-0.3, -0.25) is 9.59 Å². The van der Waals surface area contributed by atoms with Crippen molar-refractivity contribution in [2.45, 2.75) is 56.5 Å². The summed E-state index contributed by atoms with van der Waals surface area (Å²) in [5.74, 6) is -1.89. The predicted molar refractivity (Wildman–Crippen MR) is 110 cm³/mol. The molecular weight excluding hydrogens is 404 g/mol. The Hall–Kier alpha value is -0.580. The number of hydrogen-bond acceptors (Lipinski definition) is 8. The number of ether oxygens (including phenoxy) is 2. The minimum Gasteiger partial charge on any atom is -0.480 e. The summed E-state index contributed by atoms with van der Waals surface area (Å²) in [7, 11) is 0. The van der Waals surface area contributed by atoms with Crippen LogP contribution in [0, 0.1) is 0 Å². The molecule has 0 aromatic heterocycles. The molecule has 25 heavy (non-hydrogen) atoms. The van der Waals surface area contributed by atoms with Crippen LogP contribution in [0.5, 0.6) is 0 Å². The molecule has 0 fully saturated rings. The van der Waals surface area contributed by atoms with Crippen molar-refractivity contribution in [3.05, 3.63) is 0 Å². The average Bonchev–Trinajstić information content (AvgIpc) is 2.44. The number of hydrogen-bond donors (Lipinski definition) is 2. The highest BCUT2D eigenvalue weighted by molar-refractivity contribution is 8.24. The Morgan fingerprint density at radius 3 is 1.40 bits per heavy atom. The van der Waals surface area contributed by atoms with Crippen LogP contribution >= 0.6 is 48.0 Å². The molecule has 144 valence electrons. The molecule has 0 atom stereocenters. The smallest absolute Gasteiger partial charge is 0.319 e. The molecule has 0 spiro atoms. The van der Waals surface area contributed by atoms with Gasteiger partial charge < -0.3 is 19.7 Å². The lowest BCUT2D eigenvalue weighted by atomic mass is 10.2. The van der Waals surface area contributed by atoms with E-state index < -0.39 is 21.4 Å². The fourth-order valence-electron chi connectivity index (χ4n) is 1.25. The summed E-state index contributed by atoms with van der Waals surface area (Å²) < 4.78 is 9.10. The van der Waals surface area contributed by atoms with Gasteiger partial charge >= 0.3 is 11.9 Å². The van der Waals surface area contributed by atoms with Gasteiger partial charge in [0.25, 0.3) is 0 Å². The number of thiocarbonyl (C=S) groups is 2. The minimum absolute atomic E-state index is 0.220. The summed E-state index contributed by atoms with van der Waals surface area (Å²) in [5, 5.41) is 18.0. The summed E-state index contributed by atoms with van der Waals surface area (Å²) in [6.07, 6.45) is 2.32. The van der Waals surface area contributed by atoms with E-state index in [0.717, 1.165) is 42.8 Å². The Morgan fingerprint density at radius 1 is 0.800 bits per heavy atom. The first kappa shape index (κ1) is 24.4. The van der Waals surface area contributed by atoms with Gasteiger partial charge in [-0.1, -0.05) is 23.5 Å². The number of thioether (sulfide) groups is 2. The van der Waals surface area contributed by atoms with Gasteiger partial charge in [0.1, 0.15) is 9.49 Å². The molecule has 0 saturated heterocycles. The maximum absolute atomic E-state index is 11.0. The monoisotopic (exact) mass is 428 g/mol. The van der Waals surface area contributed by atoms with E-state index >= 15 is 0 Å². The van der Waals surface area contributed by atoms with Crippen LogP contribution in [0.25, 0.3) is 0 Å². The van der Waals surface area contributed by atoms with Crippen molar-refractivity contribution in [2.75, 3.05) is 13.2 Å². The predicted octanol–water partition coefficient (Wildman–Crippen LogP) is 3.95. The molecule has 0 bridgehead atoms. The topological polar surface area (TPSA) is 93.1 Å². The highest BCUT2D eigenvalue weighted by atomic mass is 32.2. The number of carboxylic acids is 2. The van der Waals surface area contributed by atoms with Gasteiger partial charge in [0.15, 0.2) is 0 Å². The Labute approximate surface area is 167 Å². The molecule has 0 aliphatic rings. The van der Waals surface area contributed by atoms with Crippen molar-refractivity contribution in [1.82, 2.24) is 0 Å². The Bertz CT molecular complexity index is 460. The number of carboxylic acid groups (broad SMARTS) is 2. The van der Waals surface area contributed by atoms with Crippen molar-refractivity contribution in [1.29, 1.82) is 0 Å². The molecule has 0 rings (SSSR count). The summed E-state index contributed by atoms with van der Waals surface area (Å²) in [6.45, 7) is 7.09. The van der Waals surface area contributed by atoms with Crippen LogP contribution in [-0.4, -0.2) is 53.6 Å². The molecule has 0 unspecified atom stereocenters.